The Morgan fingerprint density at radius 2 is 2.05 bits per heavy atom. The zero-order chi connectivity index (χ0) is 14.9. The standard InChI is InChI=1S/C15H19FN2O2/c1-4-5-12-15(20)18(10(3)14(19)17-12)13-8-11(16)7-6-9(13)2/h6-8,10,12H,4-5H2,1-3H3,(H,17,19). The van der Waals surface area contributed by atoms with Gasteiger partial charge in [-0.15, -0.1) is 0 Å². The summed E-state index contributed by atoms with van der Waals surface area (Å²) in [5, 5.41) is 2.73. The molecule has 2 unspecified atom stereocenters. The van der Waals surface area contributed by atoms with Gasteiger partial charge in [-0.25, -0.2) is 4.39 Å². The molecule has 2 amide bonds. The molecule has 1 fully saturated rings. The minimum atomic E-state index is -0.629. The van der Waals surface area contributed by atoms with Crippen LogP contribution in [0.3, 0.4) is 0 Å². The second-order valence-electron chi connectivity index (χ2n) is 5.16. The average molecular weight is 278 g/mol. The molecule has 0 radical (unpaired) electrons. The molecule has 1 aliphatic rings. The SMILES string of the molecule is CCCC1NC(=O)C(C)N(c2cc(F)ccc2C)C1=O. The minimum Gasteiger partial charge on any atom is -0.342 e. The molecule has 1 aliphatic heterocycles. The number of hydrogen-bond acceptors (Lipinski definition) is 2. The second kappa shape index (κ2) is 5.61. The van der Waals surface area contributed by atoms with Crippen molar-refractivity contribution in [3.05, 3.63) is 29.6 Å². The van der Waals surface area contributed by atoms with E-state index >= 15 is 0 Å². The van der Waals surface area contributed by atoms with Crippen LogP contribution in [0, 0.1) is 12.7 Å². The van der Waals surface area contributed by atoms with Gasteiger partial charge in [-0.1, -0.05) is 19.4 Å². The molecule has 5 heteroatoms. The van der Waals surface area contributed by atoms with Crippen LogP contribution in [0.5, 0.6) is 0 Å². The van der Waals surface area contributed by atoms with Crippen LogP contribution in [0.15, 0.2) is 18.2 Å². The zero-order valence-corrected chi connectivity index (χ0v) is 11.9. The van der Waals surface area contributed by atoms with Gasteiger partial charge in [0.2, 0.25) is 11.8 Å². The summed E-state index contributed by atoms with van der Waals surface area (Å²) in [6, 6.07) is 3.13. The third kappa shape index (κ3) is 2.53. The first-order valence-corrected chi connectivity index (χ1v) is 6.85. The molecule has 0 aliphatic carbocycles. The molecule has 1 N–H and O–H groups in total. The van der Waals surface area contributed by atoms with Gasteiger partial charge in [0, 0.05) is 0 Å². The molecule has 2 atom stereocenters. The maximum Gasteiger partial charge on any atom is 0.250 e. The van der Waals surface area contributed by atoms with Crippen molar-refractivity contribution in [1.29, 1.82) is 0 Å². The number of piperazine rings is 1. The number of nitrogens with one attached hydrogen (secondary N) is 1. The number of amides is 2. The number of aryl methyl sites for hydroxylation is 1. The van der Waals surface area contributed by atoms with Crippen LogP contribution in [-0.4, -0.2) is 23.9 Å². The number of halogens is 1. The Labute approximate surface area is 118 Å². The lowest BCUT2D eigenvalue weighted by Gasteiger charge is -2.38. The predicted octanol–water partition coefficient (Wildman–Crippen LogP) is 2.15. The van der Waals surface area contributed by atoms with Crippen molar-refractivity contribution in [3.8, 4) is 0 Å². The molecular formula is C15H19FN2O2. The summed E-state index contributed by atoms with van der Waals surface area (Å²) < 4.78 is 13.5. The highest BCUT2D eigenvalue weighted by Gasteiger charge is 2.38. The molecular weight excluding hydrogens is 259 g/mol. The number of anilines is 1. The van der Waals surface area contributed by atoms with Gasteiger partial charge in [0.05, 0.1) is 5.69 Å². The summed E-state index contributed by atoms with van der Waals surface area (Å²) >= 11 is 0. The molecule has 1 heterocycles. The largest absolute Gasteiger partial charge is 0.342 e. The van der Waals surface area contributed by atoms with E-state index in [1.54, 1.807) is 19.9 Å². The lowest BCUT2D eigenvalue weighted by Crippen LogP contribution is -2.62. The number of carbonyl (C=O) groups excluding carboxylic acids is 2. The second-order valence-corrected chi connectivity index (χ2v) is 5.16. The first kappa shape index (κ1) is 14.5. The van der Waals surface area contributed by atoms with Gasteiger partial charge in [-0.3, -0.25) is 14.5 Å². The highest BCUT2D eigenvalue weighted by atomic mass is 19.1. The fourth-order valence-corrected chi connectivity index (χ4v) is 2.48. The van der Waals surface area contributed by atoms with Crippen LogP contribution < -0.4 is 10.2 Å². The maximum absolute atomic E-state index is 13.5. The molecule has 4 nitrogen and oxygen atoms in total. The fourth-order valence-electron chi connectivity index (χ4n) is 2.48. The summed E-state index contributed by atoms with van der Waals surface area (Å²) in [6.45, 7) is 5.41. The number of benzene rings is 1. The van der Waals surface area contributed by atoms with Crippen LogP contribution in [0.1, 0.15) is 32.3 Å². The summed E-state index contributed by atoms with van der Waals surface area (Å²) in [6.07, 6.45) is 1.38. The summed E-state index contributed by atoms with van der Waals surface area (Å²) in [7, 11) is 0. The monoisotopic (exact) mass is 278 g/mol. The molecule has 20 heavy (non-hydrogen) atoms. The number of hydrogen-bond donors (Lipinski definition) is 1. The van der Waals surface area contributed by atoms with Gasteiger partial charge >= 0.3 is 0 Å². The van der Waals surface area contributed by atoms with Crippen LogP contribution >= 0.6 is 0 Å². The Bertz CT molecular complexity index is 545. The average Bonchev–Trinajstić information content (AvgIpc) is 2.40. The van der Waals surface area contributed by atoms with E-state index in [0.717, 1.165) is 12.0 Å². The van der Waals surface area contributed by atoms with E-state index in [9.17, 15) is 14.0 Å². The molecule has 0 saturated carbocycles. The smallest absolute Gasteiger partial charge is 0.250 e. The highest BCUT2D eigenvalue weighted by molar-refractivity contribution is 6.08. The predicted molar refractivity (Wildman–Crippen MR) is 74.9 cm³/mol. The lowest BCUT2D eigenvalue weighted by atomic mass is 10.0. The van der Waals surface area contributed by atoms with E-state index in [0.29, 0.717) is 12.1 Å². The van der Waals surface area contributed by atoms with Crippen molar-refractivity contribution in [2.75, 3.05) is 4.90 Å². The highest BCUT2D eigenvalue weighted by Crippen LogP contribution is 2.26. The maximum atomic E-state index is 13.5. The van der Waals surface area contributed by atoms with Gasteiger partial charge in [0.1, 0.15) is 17.9 Å². The number of nitrogens with zero attached hydrogens (tertiary/aromatic N) is 1. The fraction of sp³-hybridized carbons (Fsp3) is 0.467. The Kier molecular flexibility index (Phi) is 4.06. The van der Waals surface area contributed by atoms with Crippen LogP contribution in [0.25, 0.3) is 0 Å². The summed E-state index contributed by atoms with van der Waals surface area (Å²) in [5.41, 5.74) is 1.25. The topological polar surface area (TPSA) is 49.4 Å². The Hall–Kier alpha value is -1.91. The van der Waals surface area contributed by atoms with Gasteiger partial charge < -0.3 is 5.32 Å². The van der Waals surface area contributed by atoms with Crippen molar-refractivity contribution >= 4 is 17.5 Å². The van der Waals surface area contributed by atoms with Crippen LogP contribution in [0.4, 0.5) is 10.1 Å². The van der Waals surface area contributed by atoms with E-state index in [-0.39, 0.29) is 11.8 Å². The summed E-state index contributed by atoms with van der Waals surface area (Å²) in [4.78, 5) is 25.9. The third-order valence-electron chi connectivity index (χ3n) is 3.63. The first-order chi connectivity index (χ1) is 9.45. The van der Waals surface area contributed by atoms with Crippen molar-refractivity contribution in [1.82, 2.24) is 5.32 Å². The molecule has 0 aromatic heterocycles. The van der Waals surface area contributed by atoms with E-state index < -0.39 is 17.9 Å². The normalized spacial score (nSPS) is 22.9. The quantitative estimate of drug-likeness (QED) is 0.921. The molecule has 1 aromatic carbocycles. The molecule has 108 valence electrons. The van der Waals surface area contributed by atoms with Crippen LogP contribution in [0.2, 0.25) is 0 Å². The first-order valence-electron chi connectivity index (χ1n) is 6.85. The number of carbonyl (C=O) groups is 2. The van der Waals surface area contributed by atoms with Crippen LogP contribution in [-0.2, 0) is 9.59 Å². The van der Waals surface area contributed by atoms with Gasteiger partial charge in [-0.05, 0) is 38.0 Å². The molecule has 0 spiro atoms. The molecule has 1 aromatic rings. The van der Waals surface area contributed by atoms with Crippen molar-refractivity contribution in [2.24, 2.45) is 0 Å². The Morgan fingerprint density at radius 1 is 1.35 bits per heavy atom. The van der Waals surface area contributed by atoms with Crippen molar-refractivity contribution in [3.63, 3.8) is 0 Å². The van der Waals surface area contributed by atoms with E-state index in [2.05, 4.69) is 5.32 Å². The van der Waals surface area contributed by atoms with E-state index in [4.69, 9.17) is 0 Å². The minimum absolute atomic E-state index is 0.173. The Balaban J connectivity index is 2.43. The number of rotatable bonds is 3. The zero-order valence-electron chi connectivity index (χ0n) is 11.9. The molecule has 0 bridgehead atoms. The lowest BCUT2D eigenvalue weighted by molar-refractivity contribution is -0.133. The van der Waals surface area contributed by atoms with Crippen molar-refractivity contribution < 1.29 is 14.0 Å². The van der Waals surface area contributed by atoms with E-state index in [1.807, 2.05) is 6.92 Å². The van der Waals surface area contributed by atoms with Crippen molar-refractivity contribution in [2.45, 2.75) is 45.7 Å². The van der Waals surface area contributed by atoms with E-state index in [1.165, 1.54) is 17.0 Å². The summed E-state index contributed by atoms with van der Waals surface area (Å²) in [5.74, 6) is -0.789. The van der Waals surface area contributed by atoms with Gasteiger partial charge in [-0.2, -0.15) is 0 Å². The Morgan fingerprint density at radius 3 is 2.70 bits per heavy atom. The molecule has 2 rings (SSSR count). The van der Waals surface area contributed by atoms with Gasteiger partial charge in [0.25, 0.3) is 0 Å². The van der Waals surface area contributed by atoms with Gasteiger partial charge in [0.15, 0.2) is 0 Å². The third-order valence-corrected chi connectivity index (χ3v) is 3.63. The molecule has 1 saturated heterocycles.